The molecule has 4 N–H and O–H groups in total. The number of aryl methyl sites for hydroxylation is 1. The third kappa shape index (κ3) is 11.6. The molecule has 0 spiro atoms. The number of benzene rings is 4. The minimum Gasteiger partial charge on any atom is -0.489 e. The number of aromatic nitrogens is 1. The molecule has 3 atom stereocenters. The summed E-state index contributed by atoms with van der Waals surface area (Å²) in [6, 6.07) is 26.9. The quantitative estimate of drug-likeness (QED) is 0.0747. The summed E-state index contributed by atoms with van der Waals surface area (Å²) >= 11 is 7.81. The van der Waals surface area contributed by atoms with Crippen molar-refractivity contribution < 1.29 is 38.5 Å². The summed E-state index contributed by atoms with van der Waals surface area (Å²) in [7, 11) is 0. The Kier molecular flexibility index (Phi) is 15.2. The number of rotatable bonds is 16. The molecule has 2 heterocycles. The number of carbonyl (C=O) groups excluding carboxylic acids is 4. The van der Waals surface area contributed by atoms with Crippen LogP contribution in [0.1, 0.15) is 87.6 Å². The summed E-state index contributed by atoms with van der Waals surface area (Å²) in [4.78, 5) is 60.9. The van der Waals surface area contributed by atoms with Crippen molar-refractivity contribution in [3.63, 3.8) is 0 Å². The first-order valence-corrected chi connectivity index (χ1v) is 24.1. The van der Waals surface area contributed by atoms with Crippen molar-refractivity contribution in [1.82, 2.24) is 25.8 Å². The Morgan fingerprint density at radius 1 is 0.928 bits per heavy atom. The van der Waals surface area contributed by atoms with Crippen molar-refractivity contribution in [2.24, 2.45) is 16.2 Å². The molecule has 1 aliphatic heterocycles. The number of aliphatic hydroxyl groups is 1. The number of ether oxygens (including phenoxy) is 3. The van der Waals surface area contributed by atoms with Gasteiger partial charge in [-0.1, -0.05) is 96.5 Å². The average Bonchev–Trinajstić information content (AvgIpc) is 3.93. The van der Waals surface area contributed by atoms with E-state index in [0.717, 1.165) is 27.3 Å². The topological polar surface area (TPSA) is 192 Å². The van der Waals surface area contributed by atoms with Crippen molar-refractivity contribution >= 4 is 46.6 Å². The summed E-state index contributed by atoms with van der Waals surface area (Å²) in [6.45, 7) is 15.7. The van der Waals surface area contributed by atoms with Crippen LogP contribution in [0.2, 0.25) is 5.02 Å². The molecule has 69 heavy (non-hydrogen) atoms. The van der Waals surface area contributed by atoms with Gasteiger partial charge in [0.15, 0.2) is 0 Å². The normalized spacial score (nSPS) is 19.6. The number of thiazole rings is 1. The lowest BCUT2D eigenvalue weighted by atomic mass is 9.49. The van der Waals surface area contributed by atoms with Gasteiger partial charge in [0.2, 0.25) is 17.7 Å². The highest BCUT2D eigenvalue weighted by Crippen LogP contribution is 2.55. The predicted octanol–water partition coefficient (Wildman–Crippen LogP) is 8.37. The van der Waals surface area contributed by atoms with Gasteiger partial charge in [-0.25, -0.2) is 4.98 Å². The zero-order valence-electron chi connectivity index (χ0n) is 40.1. The summed E-state index contributed by atoms with van der Waals surface area (Å²) in [5.41, 5.74) is 4.78. The third-order valence-corrected chi connectivity index (χ3v) is 14.2. The van der Waals surface area contributed by atoms with Crippen molar-refractivity contribution in [2.45, 2.75) is 105 Å². The van der Waals surface area contributed by atoms with E-state index in [1.807, 2.05) is 97.3 Å². The van der Waals surface area contributed by atoms with Crippen LogP contribution in [0.25, 0.3) is 10.4 Å². The molecule has 5 aromatic rings. The molecule has 1 saturated carbocycles. The molecule has 362 valence electrons. The summed E-state index contributed by atoms with van der Waals surface area (Å²) < 4.78 is 18.1. The number of carbonyl (C=O) groups is 4. The van der Waals surface area contributed by atoms with Crippen LogP contribution in [0.3, 0.4) is 0 Å². The maximum absolute atomic E-state index is 14.1. The smallest absolute Gasteiger partial charge is 0.251 e. The molecule has 14 nitrogen and oxygen atoms in total. The van der Waals surface area contributed by atoms with E-state index in [-0.39, 0.29) is 56.7 Å². The minimum absolute atomic E-state index is 0.0309. The first kappa shape index (κ1) is 50.6. The molecule has 0 radical (unpaired) electrons. The van der Waals surface area contributed by atoms with Gasteiger partial charge in [0.05, 0.1) is 39.4 Å². The number of nitriles is 1. The van der Waals surface area contributed by atoms with Crippen LogP contribution in [0, 0.1) is 34.5 Å². The third-order valence-electron chi connectivity index (χ3n) is 12.9. The highest BCUT2D eigenvalue weighted by molar-refractivity contribution is 7.13. The largest absolute Gasteiger partial charge is 0.489 e. The number of β-amino-alcohol motifs (C(OH)–C–C–N with tert-alkyl or cyclic N) is 1. The second kappa shape index (κ2) is 20.7. The molecule has 1 aliphatic carbocycles. The maximum Gasteiger partial charge on any atom is 0.251 e. The number of halogens is 1. The lowest BCUT2D eigenvalue weighted by Crippen LogP contribution is -2.74. The van der Waals surface area contributed by atoms with Crippen molar-refractivity contribution in [3.05, 3.63) is 129 Å². The van der Waals surface area contributed by atoms with Gasteiger partial charge in [-0.3, -0.25) is 19.2 Å². The van der Waals surface area contributed by atoms with Gasteiger partial charge in [0, 0.05) is 48.0 Å². The predicted molar refractivity (Wildman–Crippen MR) is 264 cm³/mol. The van der Waals surface area contributed by atoms with E-state index in [1.54, 1.807) is 65.9 Å². The number of aliphatic hydroxyl groups excluding tert-OH is 1. The maximum atomic E-state index is 14.1. The lowest BCUT2D eigenvalue weighted by Gasteiger charge is -2.63. The Morgan fingerprint density at radius 2 is 1.55 bits per heavy atom. The molecular formula is C53H59ClN6O8S. The zero-order chi connectivity index (χ0) is 49.8. The van der Waals surface area contributed by atoms with Gasteiger partial charge < -0.3 is 40.2 Å². The van der Waals surface area contributed by atoms with Gasteiger partial charge >= 0.3 is 0 Å². The number of nitrogens with zero attached hydrogens (tertiary/aromatic N) is 3. The van der Waals surface area contributed by atoms with Crippen LogP contribution in [0.15, 0.2) is 96.5 Å². The molecule has 1 saturated heterocycles. The van der Waals surface area contributed by atoms with Crippen molar-refractivity contribution in [2.75, 3.05) is 13.2 Å². The SMILES string of the molecule is Cc1ncsc1-c1ccc(CNC(=O)[C@@H]2C[C@@H](O)CN2C(=O)C(NC(=O)COCc2ccc(Oc3ccc(C(=O)NC4C(C)(C)C(Oc5ccc(C#N)c(Cl)c5)C4(C)C)cc3)cc2)C(C)(C)C)cc1. The van der Waals surface area contributed by atoms with Gasteiger partial charge in [0.25, 0.3) is 5.91 Å². The van der Waals surface area contributed by atoms with E-state index in [2.05, 4.69) is 27.0 Å². The minimum atomic E-state index is -0.991. The van der Waals surface area contributed by atoms with Crippen LogP contribution in [-0.2, 0) is 32.3 Å². The summed E-state index contributed by atoms with van der Waals surface area (Å²) in [6.07, 6.45) is -1.03. The molecule has 16 heteroatoms. The molecule has 1 aromatic heterocycles. The molecule has 0 bridgehead atoms. The van der Waals surface area contributed by atoms with Crippen molar-refractivity contribution in [3.8, 4) is 33.8 Å². The fourth-order valence-corrected chi connectivity index (χ4v) is 10.5. The molecule has 2 fully saturated rings. The molecular weight excluding hydrogens is 916 g/mol. The highest BCUT2D eigenvalue weighted by Gasteiger charge is 2.64. The van der Waals surface area contributed by atoms with E-state index >= 15 is 0 Å². The number of amides is 4. The second-order valence-corrected chi connectivity index (χ2v) is 21.3. The second-order valence-electron chi connectivity index (χ2n) is 20.0. The fraction of sp³-hybridized carbons (Fsp3) is 0.396. The van der Waals surface area contributed by atoms with Gasteiger partial charge in [-0.15, -0.1) is 11.3 Å². The van der Waals surface area contributed by atoms with Gasteiger partial charge in [-0.05, 0) is 77.6 Å². The van der Waals surface area contributed by atoms with Crippen LogP contribution in [0.5, 0.6) is 17.2 Å². The first-order valence-electron chi connectivity index (χ1n) is 22.8. The molecule has 4 amide bonds. The number of nitrogens with one attached hydrogen (secondary N) is 3. The Bertz CT molecular complexity index is 2690. The van der Waals surface area contributed by atoms with E-state index in [4.69, 9.17) is 25.8 Å². The van der Waals surface area contributed by atoms with Crippen LogP contribution < -0.4 is 25.4 Å². The van der Waals surface area contributed by atoms with Gasteiger partial charge in [0.1, 0.15) is 48.1 Å². The number of hydrogen-bond acceptors (Lipinski definition) is 11. The van der Waals surface area contributed by atoms with Gasteiger partial charge in [-0.2, -0.15) is 5.26 Å². The van der Waals surface area contributed by atoms with Crippen LogP contribution in [0.4, 0.5) is 0 Å². The first-order chi connectivity index (χ1) is 32.6. The molecule has 7 rings (SSSR count). The Hall–Kier alpha value is -6.31. The summed E-state index contributed by atoms with van der Waals surface area (Å²) in [5.74, 6) is 0.0992. The average molecular weight is 976 g/mol. The zero-order valence-corrected chi connectivity index (χ0v) is 41.7. The van der Waals surface area contributed by atoms with Crippen LogP contribution >= 0.6 is 22.9 Å². The number of hydrogen-bond donors (Lipinski definition) is 4. The number of likely N-dealkylation sites (tertiary alicyclic amines) is 1. The van der Waals surface area contributed by atoms with E-state index in [9.17, 15) is 29.5 Å². The molecule has 4 aromatic carbocycles. The summed E-state index contributed by atoms with van der Waals surface area (Å²) in [5, 5.41) is 29.1. The van der Waals surface area contributed by atoms with E-state index in [1.165, 1.54) is 4.90 Å². The Balaban J connectivity index is 0.859. The highest BCUT2D eigenvalue weighted by atomic mass is 35.5. The Morgan fingerprint density at radius 3 is 2.14 bits per heavy atom. The van der Waals surface area contributed by atoms with Crippen LogP contribution in [-0.4, -0.2) is 82.1 Å². The molecule has 2 aliphatic rings. The fourth-order valence-electron chi connectivity index (χ4n) is 9.52. The Labute approximate surface area is 412 Å². The van der Waals surface area contributed by atoms with Crippen molar-refractivity contribution in [1.29, 1.82) is 5.26 Å². The monoisotopic (exact) mass is 974 g/mol. The standard InChI is InChI=1S/C53H59ClN6O8S/c1-31-44(69-30-57-31)34-13-9-32(10-14-34)26-56-47(64)42-23-37(61)27-60(42)48(65)45(51(2,3)4)58-43(62)29-66-28-33-11-18-38(19-12-33)67-39-20-15-35(16-21-39)46(63)59-49-52(5,6)50(53(49,7)8)68-40-22-17-36(25-55)41(54)24-40/h9-22,24,30,37,42,45,49-50,61H,23,26-29H2,1-8H3,(H,56,64)(H,58,62)(H,59,63)/t37-,42+,45?,49?,50?/m1/s1. The van der Waals surface area contributed by atoms with E-state index < -0.39 is 46.2 Å². The molecule has 1 unspecified atom stereocenters. The lowest BCUT2D eigenvalue weighted by molar-refractivity contribution is -0.164. The van der Waals surface area contributed by atoms with E-state index in [0.29, 0.717) is 33.4 Å².